The lowest BCUT2D eigenvalue weighted by Crippen LogP contribution is -2.26. The van der Waals surface area contributed by atoms with Crippen molar-refractivity contribution in [1.82, 2.24) is 5.32 Å². The lowest BCUT2D eigenvalue weighted by Gasteiger charge is -2.25. The van der Waals surface area contributed by atoms with Gasteiger partial charge < -0.3 is 5.32 Å². The second-order valence-electron chi connectivity index (χ2n) is 5.30. The summed E-state index contributed by atoms with van der Waals surface area (Å²) in [7, 11) is 0. The number of hydrogen-bond acceptors (Lipinski definition) is 1. The van der Waals surface area contributed by atoms with E-state index in [1.165, 1.54) is 21.9 Å². The Morgan fingerprint density at radius 3 is 2.44 bits per heavy atom. The standard InChI is InChI=1S/C17H23N/c1-5-18-17(12(2)3)16-13(4)10-11-14-8-6-7-9-15(14)16/h6-12,17-18H,5H2,1-4H3. The molecule has 0 aliphatic heterocycles. The van der Waals surface area contributed by atoms with E-state index in [1.54, 1.807) is 0 Å². The van der Waals surface area contributed by atoms with Crippen LogP contribution in [0, 0.1) is 12.8 Å². The van der Waals surface area contributed by atoms with E-state index in [1.807, 2.05) is 0 Å². The van der Waals surface area contributed by atoms with Gasteiger partial charge in [0, 0.05) is 6.04 Å². The molecule has 2 aromatic carbocycles. The summed E-state index contributed by atoms with van der Waals surface area (Å²) < 4.78 is 0. The fraction of sp³-hybridized carbons (Fsp3) is 0.412. The van der Waals surface area contributed by atoms with Gasteiger partial charge in [0.2, 0.25) is 0 Å². The summed E-state index contributed by atoms with van der Waals surface area (Å²) in [6.45, 7) is 9.97. The summed E-state index contributed by atoms with van der Waals surface area (Å²) in [5, 5.41) is 6.35. The van der Waals surface area contributed by atoms with Gasteiger partial charge in [0.05, 0.1) is 0 Å². The molecule has 1 atom stereocenters. The molecule has 0 aromatic heterocycles. The second-order valence-corrected chi connectivity index (χ2v) is 5.30. The molecule has 1 heteroatoms. The summed E-state index contributed by atoms with van der Waals surface area (Å²) >= 11 is 0. The molecule has 1 nitrogen and oxygen atoms in total. The van der Waals surface area contributed by atoms with Crippen LogP contribution in [0.3, 0.4) is 0 Å². The minimum Gasteiger partial charge on any atom is -0.310 e. The Bertz CT molecular complexity index is 528. The average Bonchev–Trinajstić information content (AvgIpc) is 2.36. The highest BCUT2D eigenvalue weighted by atomic mass is 14.9. The van der Waals surface area contributed by atoms with Gasteiger partial charge in [0.15, 0.2) is 0 Å². The van der Waals surface area contributed by atoms with Crippen molar-refractivity contribution in [2.45, 2.75) is 33.7 Å². The molecule has 0 radical (unpaired) electrons. The van der Waals surface area contributed by atoms with Crippen LogP contribution in [0.2, 0.25) is 0 Å². The first-order chi connectivity index (χ1) is 8.65. The molecule has 0 fully saturated rings. The van der Waals surface area contributed by atoms with E-state index in [0.29, 0.717) is 12.0 Å². The predicted octanol–water partition coefficient (Wildman–Crippen LogP) is 4.45. The molecular formula is C17H23N. The van der Waals surface area contributed by atoms with Gasteiger partial charge in [-0.3, -0.25) is 0 Å². The van der Waals surface area contributed by atoms with Crippen LogP contribution in [0.4, 0.5) is 0 Å². The van der Waals surface area contributed by atoms with Gasteiger partial charge >= 0.3 is 0 Å². The zero-order valence-electron chi connectivity index (χ0n) is 11.8. The fourth-order valence-electron chi connectivity index (χ4n) is 2.71. The summed E-state index contributed by atoms with van der Waals surface area (Å²) in [6.07, 6.45) is 0. The molecule has 0 heterocycles. The molecule has 0 aliphatic carbocycles. The van der Waals surface area contributed by atoms with Crippen molar-refractivity contribution < 1.29 is 0 Å². The van der Waals surface area contributed by atoms with Crippen LogP contribution in [0.15, 0.2) is 36.4 Å². The minimum absolute atomic E-state index is 0.432. The molecule has 18 heavy (non-hydrogen) atoms. The van der Waals surface area contributed by atoms with Crippen molar-refractivity contribution in [2.75, 3.05) is 6.54 Å². The molecule has 0 amide bonds. The molecule has 1 unspecified atom stereocenters. The minimum atomic E-state index is 0.432. The fourth-order valence-corrected chi connectivity index (χ4v) is 2.71. The number of nitrogens with one attached hydrogen (secondary N) is 1. The predicted molar refractivity (Wildman–Crippen MR) is 79.9 cm³/mol. The molecule has 0 saturated heterocycles. The van der Waals surface area contributed by atoms with E-state index >= 15 is 0 Å². The molecule has 0 spiro atoms. The molecule has 1 N–H and O–H groups in total. The van der Waals surface area contributed by atoms with Crippen LogP contribution in [0.1, 0.15) is 37.9 Å². The summed E-state index contributed by atoms with van der Waals surface area (Å²) in [5.41, 5.74) is 2.85. The Hall–Kier alpha value is -1.34. The number of fused-ring (bicyclic) bond motifs is 1. The topological polar surface area (TPSA) is 12.0 Å². The average molecular weight is 241 g/mol. The number of benzene rings is 2. The van der Waals surface area contributed by atoms with E-state index in [2.05, 4.69) is 69.4 Å². The molecule has 0 bridgehead atoms. The summed E-state index contributed by atoms with van der Waals surface area (Å²) in [5.74, 6) is 0.592. The third kappa shape index (κ3) is 2.41. The van der Waals surface area contributed by atoms with Gasteiger partial charge in [-0.1, -0.05) is 57.2 Å². The third-order valence-electron chi connectivity index (χ3n) is 3.59. The van der Waals surface area contributed by atoms with Gasteiger partial charge in [0.25, 0.3) is 0 Å². The lowest BCUT2D eigenvalue weighted by atomic mass is 9.88. The molecule has 0 saturated carbocycles. The Morgan fingerprint density at radius 2 is 1.78 bits per heavy atom. The lowest BCUT2D eigenvalue weighted by molar-refractivity contribution is 0.423. The highest BCUT2D eigenvalue weighted by Gasteiger charge is 2.18. The molecule has 2 aromatic rings. The third-order valence-corrected chi connectivity index (χ3v) is 3.59. The maximum absolute atomic E-state index is 3.63. The molecule has 0 aliphatic rings. The first kappa shape index (κ1) is 13.1. The SMILES string of the molecule is CCNC(c1c(C)ccc2ccccc12)C(C)C. The van der Waals surface area contributed by atoms with Gasteiger partial charge in [-0.15, -0.1) is 0 Å². The van der Waals surface area contributed by atoms with Crippen molar-refractivity contribution in [3.63, 3.8) is 0 Å². The van der Waals surface area contributed by atoms with E-state index < -0.39 is 0 Å². The monoisotopic (exact) mass is 241 g/mol. The molecule has 96 valence electrons. The highest BCUT2D eigenvalue weighted by molar-refractivity contribution is 5.87. The number of aryl methyl sites for hydroxylation is 1. The van der Waals surface area contributed by atoms with E-state index in [0.717, 1.165) is 6.54 Å². The second kappa shape index (κ2) is 5.53. The Morgan fingerprint density at radius 1 is 1.06 bits per heavy atom. The van der Waals surface area contributed by atoms with Gasteiger partial charge in [-0.25, -0.2) is 0 Å². The zero-order chi connectivity index (χ0) is 13.1. The maximum atomic E-state index is 3.63. The molecule has 2 rings (SSSR count). The first-order valence-corrected chi connectivity index (χ1v) is 6.86. The van der Waals surface area contributed by atoms with Crippen molar-refractivity contribution >= 4 is 10.8 Å². The smallest absolute Gasteiger partial charge is 0.0352 e. The first-order valence-electron chi connectivity index (χ1n) is 6.86. The van der Waals surface area contributed by atoms with Crippen LogP contribution >= 0.6 is 0 Å². The Kier molecular flexibility index (Phi) is 4.03. The van der Waals surface area contributed by atoms with Crippen LogP contribution in [0.5, 0.6) is 0 Å². The maximum Gasteiger partial charge on any atom is 0.0352 e. The van der Waals surface area contributed by atoms with Crippen molar-refractivity contribution in [3.05, 3.63) is 47.5 Å². The highest BCUT2D eigenvalue weighted by Crippen LogP contribution is 2.31. The van der Waals surface area contributed by atoms with Crippen LogP contribution in [-0.2, 0) is 0 Å². The summed E-state index contributed by atoms with van der Waals surface area (Å²) in [6, 6.07) is 13.6. The summed E-state index contributed by atoms with van der Waals surface area (Å²) in [4.78, 5) is 0. The van der Waals surface area contributed by atoms with Crippen LogP contribution in [-0.4, -0.2) is 6.54 Å². The number of rotatable bonds is 4. The largest absolute Gasteiger partial charge is 0.310 e. The zero-order valence-corrected chi connectivity index (χ0v) is 11.8. The Balaban J connectivity index is 2.63. The Labute approximate surface area is 110 Å². The van der Waals surface area contributed by atoms with Crippen molar-refractivity contribution in [3.8, 4) is 0 Å². The molecular weight excluding hydrogens is 218 g/mol. The quantitative estimate of drug-likeness (QED) is 0.833. The van der Waals surface area contributed by atoms with Crippen LogP contribution < -0.4 is 5.32 Å². The number of hydrogen-bond donors (Lipinski definition) is 1. The van der Waals surface area contributed by atoms with Gasteiger partial charge in [-0.05, 0) is 41.3 Å². The normalized spacial score (nSPS) is 13.2. The van der Waals surface area contributed by atoms with E-state index in [-0.39, 0.29) is 0 Å². The van der Waals surface area contributed by atoms with Crippen molar-refractivity contribution in [2.24, 2.45) is 5.92 Å². The van der Waals surface area contributed by atoms with Gasteiger partial charge in [0.1, 0.15) is 0 Å². The van der Waals surface area contributed by atoms with E-state index in [9.17, 15) is 0 Å². The van der Waals surface area contributed by atoms with E-state index in [4.69, 9.17) is 0 Å². The van der Waals surface area contributed by atoms with Crippen molar-refractivity contribution in [1.29, 1.82) is 0 Å². The van der Waals surface area contributed by atoms with Gasteiger partial charge in [-0.2, -0.15) is 0 Å². The van der Waals surface area contributed by atoms with Crippen LogP contribution in [0.25, 0.3) is 10.8 Å².